The Kier molecular flexibility index (Phi) is 4.05. The van der Waals surface area contributed by atoms with Crippen LogP contribution in [0.1, 0.15) is 5.56 Å². The van der Waals surface area contributed by atoms with Crippen LogP contribution in [0.4, 0.5) is 0 Å². The molecule has 0 saturated heterocycles. The summed E-state index contributed by atoms with van der Waals surface area (Å²) in [5.74, 6) is 0.335. The van der Waals surface area contributed by atoms with E-state index in [9.17, 15) is 4.79 Å². The summed E-state index contributed by atoms with van der Waals surface area (Å²) in [6.07, 6.45) is 1.63. The summed E-state index contributed by atoms with van der Waals surface area (Å²) in [7, 11) is 3.35. The van der Waals surface area contributed by atoms with Gasteiger partial charge in [-0.2, -0.15) is 0 Å². The molecule has 0 saturated carbocycles. The van der Waals surface area contributed by atoms with Crippen LogP contribution in [0.3, 0.4) is 0 Å². The Hall–Kier alpha value is -1.62. The first-order valence-electron chi connectivity index (χ1n) is 4.61. The van der Waals surface area contributed by atoms with Gasteiger partial charge in [0.1, 0.15) is 0 Å². The number of rotatable bonds is 4. The number of amides is 1. The molecule has 0 aliphatic carbocycles. The van der Waals surface area contributed by atoms with Crippen molar-refractivity contribution in [1.29, 1.82) is 0 Å². The van der Waals surface area contributed by atoms with Crippen molar-refractivity contribution in [1.82, 2.24) is 9.88 Å². The van der Waals surface area contributed by atoms with Gasteiger partial charge in [0.05, 0.1) is 0 Å². The zero-order chi connectivity index (χ0) is 11.3. The molecule has 0 aromatic carbocycles. The largest absolute Gasteiger partial charge is 0.468 e. The van der Waals surface area contributed by atoms with Gasteiger partial charge in [0.2, 0.25) is 5.88 Å². The van der Waals surface area contributed by atoms with Gasteiger partial charge in [-0.15, -0.1) is 0 Å². The molecule has 0 radical (unpaired) electrons. The molecule has 15 heavy (non-hydrogen) atoms. The van der Waals surface area contributed by atoms with Gasteiger partial charge in [-0.05, 0) is 5.56 Å². The van der Waals surface area contributed by atoms with Crippen molar-refractivity contribution in [2.45, 2.75) is 6.54 Å². The second kappa shape index (κ2) is 5.31. The maximum Gasteiger partial charge on any atom is 0.260 e. The van der Waals surface area contributed by atoms with Gasteiger partial charge in [0.25, 0.3) is 5.91 Å². The molecule has 0 spiro atoms. The number of nitrogens with two attached hydrogens (primary N) is 1. The van der Waals surface area contributed by atoms with Crippen molar-refractivity contribution in [3.8, 4) is 5.88 Å². The number of hydrogen-bond donors (Lipinski definition) is 1. The van der Waals surface area contributed by atoms with E-state index in [4.69, 9.17) is 10.5 Å². The van der Waals surface area contributed by atoms with E-state index < -0.39 is 0 Å². The number of ether oxygens (including phenoxy) is 1. The lowest BCUT2D eigenvalue weighted by Crippen LogP contribution is -2.27. The fourth-order valence-electron chi connectivity index (χ4n) is 0.882. The van der Waals surface area contributed by atoms with Crippen molar-refractivity contribution in [2.24, 2.45) is 5.73 Å². The minimum Gasteiger partial charge on any atom is -0.468 e. The number of likely N-dealkylation sites (N-methyl/N-ethyl adjacent to an activating group) is 1. The van der Waals surface area contributed by atoms with Gasteiger partial charge in [-0.3, -0.25) is 4.79 Å². The second-order valence-corrected chi connectivity index (χ2v) is 3.29. The Balaban J connectivity index is 2.47. The Labute approximate surface area is 88.9 Å². The highest BCUT2D eigenvalue weighted by Gasteiger charge is 2.04. The van der Waals surface area contributed by atoms with Gasteiger partial charge < -0.3 is 15.4 Å². The molecule has 0 aliphatic rings. The molecule has 1 rings (SSSR count). The Morgan fingerprint density at radius 2 is 2.27 bits per heavy atom. The minimum atomic E-state index is -0.0975. The molecule has 0 atom stereocenters. The molecule has 1 aromatic heterocycles. The minimum absolute atomic E-state index is 0.00196. The summed E-state index contributed by atoms with van der Waals surface area (Å²) in [5.41, 5.74) is 6.35. The fraction of sp³-hybridized carbons (Fsp3) is 0.400. The predicted octanol–water partition coefficient (Wildman–Crippen LogP) is 0.00730. The molecule has 1 heterocycles. The predicted molar refractivity (Wildman–Crippen MR) is 56.3 cm³/mol. The van der Waals surface area contributed by atoms with Crippen molar-refractivity contribution in [2.75, 3.05) is 20.7 Å². The number of aromatic nitrogens is 1. The molecule has 5 heteroatoms. The molecular weight excluding hydrogens is 194 g/mol. The van der Waals surface area contributed by atoms with E-state index in [0.29, 0.717) is 12.4 Å². The van der Waals surface area contributed by atoms with Crippen molar-refractivity contribution >= 4 is 5.91 Å². The maximum absolute atomic E-state index is 11.2. The van der Waals surface area contributed by atoms with E-state index >= 15 is 0 Å². The summed E-state index contributed by atoms with van der Waals surface area (Å²) in [5, 5.41) is 0. The number of carbonyl (C=O) groups excluding carboxylic acids is 1. The molecule has 0 aliphatic heterocycles. The monoisotopic (exact) mass is 209 g/mol. The summed E-state index contributed by atoms with van der Waals surface area (Å²) in [6, 6.07) is 3.52. The van der Waals surface area contributed by atoms with Gasteiger partial charge in [-0.25, -0.2) is 4.98 Å². The molecule has 0 unspecified atom stereocenters. The van der Waals surface area contributed by atoms with Crippen LogP contribution in [0, 0.1) is 0 Å². The summed E-state index contributed by atoms with van der Waals surface area (Å²) in [6.45, 7) is 0.450. The second-order valence-electron chi connectivity index (χ2n) is 3.29. The molecule has 5 nitrogen and oxygen atoms in total. The Morgan fingerprint density at radius 3 is 2.73 bits per heavy atom. The van der Waals surface area contributed by atoms with Crippen LogP contribution >= 0.6 is 0 Å². The summed E-state index contributed by atoms with van der Waals surface area (Å²) in [4.78, 5) is 16.7. The lowest BCUT2D eigenvalue weighted by Gasteiger charge is -2.10. The fourth-order valence-corrected chi connectivity index (χ4v) is 0.882. The van der Waals surface area contributed by atoms with Crippen LogP contribution in [0.5, 0.6) is 5.88 Å². The highest BCUT2D eigenvalue weighted by molar-refractivity contribution is 5.77. The number of hydrogen-bond acceptors (Lipinski definition) is 4. The zero-order valence-electron chi connectivity index (χ0n) is 8.93. The van der Waals surface area contributed by atoms with E-state index in [1.807, 2.05) is 6.07 Å². The van der Waals surface area contributed by atoms with Crippen LogP contribution in [0.15, 0.2) is 18.3 Å². The zero-order valence-corrected chi connectivity index (χ0v) is 8.93. The van der Waals surface area contributed by atoms with E-state index in [-0.39, 0.29) is 12.5 Å². The average Bonchev–Trinajstić information content (AvgIpc) is 2.26. The van der Waals surface area contributed by atoms with E-state index in [0.717, 1.165) is 5.56 Å². The molecule has 0 fully saturated rings. The number of pyridine rings is 1. The third-order valence-electron chi connectivity index (χ3n) is 1.88. The van der Waals surface area contributed by atoms with Gasteiger partial charge in [-0.1, -0.05) is 6.07 Å². The number of carbonyl (C=O) groups is 1. The third kappa shape index (κ3) is 3.55. The highest BCUT2D eigenvalue weighted by atomic mass is 16.5. The third-order valence-corrected chi connectivity index (χ3v) is 1.88. The Morgan fingerprint density at radius 1 is 1.53 bits per heavy atom. The molecule has 1 amide bonds. The standard InChI is InChI=1S/C10H15N3O2/c1-13(2)10(14)7-15-9-4-3-8(5-11)6-12-9/h3-4,6H,5,7,11H2,1-2H3. The van der Waals surface area contributed by atoms with Gasteiger partial charge in [0, 0.05) is 32.9 Å². The van der Waals surface area contributed by atoms with Crippen LogP contribution in [0.25, 0.3) is 0 Å². The van der Waals surface area contributed by atoms with Crippen LogP contribution in [-0.4, -0.2) is 36.5 Å². The quantitative estimate of drug-likeness (QED) is 0.758. The normalized spacial score (nSPS) is 9.80. The van der Waals surface area contributed by atoms with Crippen molar-refractivity contribution in [3.05, 3.63) is 23.9 Å². The summed E-state index contributed by atoms with van der Waals surface area (Å²) < 4.78 is 5.19. The van der Waals surface area contributed by atoms with Gasteiger partial charge >= 0.3 is 0 Å². The maximum atomic E-state index is 11.2. The molecule has 82 valence electrons. The van der Waals surface area contributed by atoms with Crippen molar-refractivity contribution < 1.29 is 9.53 Å². The lowest BCUT2D eigenvalue weighted by molar-refractivity contribution is -0.130. The highest BCUT2D eigenvalue weighted by Crippen LogP contribution is 2.06. The first-order valence-corrected chi connectivity index (χ1v) is 4.61. The smallest absolute Gasteiger partial charge is 0.260 e. The van der Waals surface area contributed by atoms with E-state index in [2.05, 4.69) is 4.98 Å². The van der Waals surface area contributed by atoms with Crippen LogP contribution < -0.4 is 10.5 Å². The Bertz CT molecular complexity index is 322. The van der Waals surface area contributed by atoms with Crippen molar-refractivity contribution in [3.63, 3.8) is 0 Å². The van der Waals surface area contributed by atoms with Crippen LogP contribution in [-0.2, 0) is 11.3 Å². The van der Waals surface area contributed by atoms with Gasteiger partial charge in [0.15, 0.2) is 6.61 Å². The molecular formula is C10H15N3O2. The SMILES string of the molecule is CN(C)C(=O)COc1ccc(CN)cn1. The summed E-state index contributed by atoms with van der Waals surface area (Å²) >= 11 is 0. The topological polar surface area (TPSA) is 68.5 Å². The van der Waals surface area contributed by atoms with E-state index in [1.165, 1.54) is 4.90 Å². The van der Waals surface area contributed by atoms with E-state index in [1.54, 1.807) is 26.4 Å². The molecule has 0 bridgehead atoms. The molecule has 2 N–H and O–H groups in total. The molecule has 1 aromatic rings. The lowest BCUT2D eigenvalue weighted by atomic mass is 10.3. The number of nitrogens with zero attached hydrogens (tertiary/aromatic N) is 2. The first kappa shape index (κ1) is 11.5. The first-order chi connectivity index (χ1) is 7.13. The van der Waals surface area contributed by atoms with Crippen LogP contribution in [0.2, 0.25) is 0 Å². The average molecular weight is 209 g/mol.